The number of carboxylic acids is 1. The van der Waals surface area contributed by atoms with Gasteiger partial charge >= 0.3 is 65.1 Å². The third-order valence-corrected chi connectivity index (χ3v) is 3.28. The second-order valence-electron chi connectivity index (χ2n) is 3.44. The van der Waals surface area contributed by atoms with Crippen LogP contribution in [0.25, 0.3) is 10.8 Å². The minimum atomic E-state index is -4.55. The van der Waals surface area contributed by atoms with Crippen molar-refractivity contribution in [3.8, 4) is 0 Å². The van der Waals surface area contributed by atoms with E-state index in [1.54, 1.807) is 18.2 Å². The Morgan fingerprint density at radius 3 is 2.16 bits per heavy atom. The summed E-state index contributed by atoms with van der Waals surface area (Å²) in [5, 5.41) is 9.92. The summed E-state index contributed by atoms with van der Waals surface area (Å²) >= 11 is 0. The fraction of sp³-hybridized carbons (Fsp3) is 0. The van der Waals surface area contributed by atoms with Gasteiger partial charge in [-0.2, -0.15) is 8.42 Å². The number of rotatable bonds is 2. The van der Waals surface area contributed by atoms with Crippen LogP contribution in [-0.4, -0.2) is 24.0 Å². The predicted octanol–water partition coefficient (Wildman–Crippen LogP) is -3.98. The molecule has 0 aliphatic carbocycles. The van der Waals surface area contributed by atoms with Gasteiger partial charge in [0.05, 0.1) is 5.56 Å². The van der Waals surface area contributed by atoms with Crippen molar-refractivity contribution in [1.82, 2.24) is 0 Å². The number of hydrogen-bond donors (Lipinski definition) is 2. The first kappa shape index (κ1) is 19.1. The fourth-order valence-corrected chi connectivity index (χ4v) is 2.38. The molecule has 0 fully saturated rings. The molecule has 0 spiro atoms. The minimum Gasteiger partial charge on any atom is -1.00 e. The molecule has 0 aromatic heterocycles. The van der Waals surface area contributed by atoms with E-state index in [1.165, 1.54) is 12.1 Å². The number of aromatic carboxylic acids is 1. The molecule has 2 aromatic carbocycles. The van der Waals surface area contributed by atoms with Crippen molar-refractivity contribution in [3.05, 3.63) is 42.0 Å². The van der Waals surface area contributed by atoms with Crippen molar-refractivity contribution < 1.29 is 84.8 Å². The summed E-state index contributed by atoms with van der Waals surface area (Å²) in [4.78, 5) is 10.5. The Morgan fingerprint density at radius 1 is 1.05 bits per heavy atom. The van der Waals surface area contributed by atoms with Crippen LogP contribution in [0.3, 0.4) is 0 Å². The van der Waals surface area contributed by atoms with Crippen LogP contribution in [-0.2, 0) is 10.1 Å². The molecule has 0 radical (unpaired) electrons. The Bertz CT molecular complexity index is 722. The third kappa shape index (κ3) is 4.03. The Balaban J connectivity index is -0.000000810. The van der Waals surface area contributed by atoms with Crippen LogP contribution in [0, 0.1) is 0 Å². The van der Waals surface area contributed by atoms with Crippen molar-refractivity contribution in [3.63, 3.8) is 0 Å². The van der Waals surface area contributed by atoms with Crippen LogP contribution >= 0.6 is 0 Å². The second-order valence-corrected chi connectivity index (χ2v) is 4.83. The quantitative estimate of drug-likeness (QED) is 0.436. The zero-order chi connectivity index (χ0) is 12.6. The SMILES string of the molecule is O=C(O)c1c(S(=O)(=O)O)ccc2ccccc12.[H-].[H-].[Na+].[Na+]. The molecule has 0 saturated heterocycles. The van der Waals surface area contributed by atoms with E-state index in [9.17, 15) is 13.2 Å². The van der Waals surface area contributed by atoms with Gasteiger partial charge in [-0.15, -0.1) is 0 Å². The summed E-state index contributed by atoms with van der Waals surface area (Å²) in [6, 6.07) is 9.00. The van der Waals surface area contributed by atoms with Gasteiger partial charge in [0, 0.05) is 0 Å². The van der Waals surface area contributed by atoms with Gasteiger partial charge in [-0.3, -0.25) is 4.55 Å². The third-order valence-electron chi connectivity index (χ3n) is 2.38. The molecule has 2 rings (SSSR count). The maximum atomic E-state index is 11.1. The Morgan fingerprint density at radius 2 is 1.63 bits per heavy atom. The molecule has 2 aromatic rings. The van der Waals surface area contributed by atoms with Crippen molar-refractivity contribution in [2.24, 2.45) is 0 Å². The van der Waals surface area contributed by atoms with Crippen molar-refractivity contribution >= 4 is 26.9 Å². The maximum Gasteiger partial charge on any atom is 1.00 e. The van der Waals surface area contributed by atoms with Gasteiger partial charge in [-0.1, -0.05) is 30.3 Å². The van der Waals surface area contributed by atoms with E-state index in [0.717, 1.165) is 6.07 Å². The van der Waals surface area contributed by atoms with Gasteiger partial charge in [0.2, 0.25) is 0 Å². The van der Waals surface area contributed by atoms with Crippen molar-refractivity contribution in [2.75, 3.05) is 0 Å². The van der Waals surface area contributed by atoms with E-state index in [4.69, 9.17) is 9.66 Å². The predicted molar refractivity (Wildman–Crippen MR) is 62.9 cm³/mol. The normalized spacial score (nSPS) is 10.4. The number of hydrogen-bond acceptors (Lipinski definition) is 3. The van der Waals surface area contributed by atoms with E-state index in [-0.39, 0.29) is 67.4 Å². The van der Waals surface area contributed by atoms with Crippen LogP contribution < -0.4 is 59.1 Å². The van der Waals surface area contributed by atoms with Crippen LogP contribution in [0.15, 0.2) is 41.3 Å². The molecular formula is C11H10Na2O5S. The molecule has 0 aliphatic rings. The Labute approximate surface area is 157 Å². The molecule has 0 bridgehead atoms. The number of carbonyl (C=O) groups is 1. The van der Waals surface area contributed by atoms with Crippen LogP contribution in [0.2, 0.25) is 0 Å². The zero-order valence-electron chi connectivity index (χ0n) is 12.5. The van der Waals surface area contributed by atoms with E-state index < -0.39 is 26.5 Å². The van der Waals surface area contributed by atoms with Gasteiger partial charge in [-0.05, 0) is 16.8 Å². The number of benzene rings is 2. The molecule has 92 valence electrons. The average molecular weight is 300 g/mol. The monoisotopic (exact) mass is 300 g/mol. The molecule has 19 heavy (non-hydrogen) atoms. The molecule has 0 saturated carbocycles. The standard InChI is InChI=1S/C11H8O5S.2Na.2H/c12-11(13)10-8-4-2-1-3-7(8)5-6-9(10)17(14,15)16;;;;/h1-6H,(H,12,13)(H,14,15,16);;;;/q;2*+1;2*-1. The molecular weight excluding hydrogens is 290 g/mol. The van der Waals surface area contributed by atoms with E-state index >= 15 is 0 Å². The van der Waals surface area contributed by atoms with Gasteiger partial charge in [0.15, 0.2) is 0 Å². The Kier molecular flexibility index (Phi) is 7.22. The van der Waals surface area contributed by atoms with Crippen molar-refractivity contribution in [2.45, 2.75) is 4.90 Å². The van der Waals surface area contributed by atoms with E-state index in [1.807, 2.05) is 0 Å². The molecule has 8 heteroatoms. The summed E-state index contributed by atoms with van der Waals surface area (Å²) in [5.41, 5.74) is -0.411. The van der Waals surface area contributed by atoms with E-state index in [2.05, 4.69) is 0 Å². The zero-order valence-corrected chi connectivity index (χ0v) is 15.3. The van der Waals surface area contributed by atoms with Gasteiger partial charge in [-0.25, -0.2) is 4.79 Å². The summed E-state index contributed by atoms with van der Waals surface area (Å²) in [7, 11) is -4.55. The van der Waals surface area contributed by atoms with E-state index in [0.29, 0.717) is 5.39 Å². The molecule has 0 atom stereocenters. The topological polar surface area (TPSA) is 91.7 Å². The minimum absolute atomic E-state index is 0. The molecule has 0 unspecified atom stereocenters. The summed E-state index contributed by atoms with van der Waals surface area (Å²) < 4.78 is 31.2. The number of carboxylic acid groups (broad SMARTS) is 1. The van der Waals surface area contributed by atoms with Crippen LogP contribution in [0.4, 0.5) is 0 Å². The van der Waals surface area contributed by atoms with Crippen LogP contribution in [0.5, 0.6) is 0 Å². The smallest absolute Gasteiger partial charge is 1.00 e. The summed E-state index contributed by atoms with van der Waals surface area (Å²) in [5.74, 6) is -1.39. The van der Waals surface area contributed by atoms with Gasteiger partial charge < -0.3 is 7.96 Å². The van der Waals surface area contributed by atoms with Gasteiger partial charge in [0.1, 0.15) is 4.90 Å². The maximum absolute atomic E-state index is 11.1. The fourth-order valence-electron chi connectivity index (χ4n) is 1.69. The average Bonchev–Trinajstić information content (AvgIpc) is 2.26. The van der Waals surface area contributed by atoms with Gasteiger partial charge in [0.25, 0.3) is 10.1 Å². The summed E-state index contributed by atoms with van der Waals surface area (Å²) in [6.07, 6.45) is 0. The second kappa shape index (κ2) is 7.19. The molecule has 0 amide bonds. The first-order valence-corrected chi connectivity index (χ1v) is 6.08. The molecule has 5 nitrogen and oxygen atoms in total. The van der Waals surface area contributed by atoms with Crippen molar-refractivity contribution in [1.29, 1.82) is 0 Å². The largest absolute Gasteiger partial charge is 1.00 e. The first-order chi connectivity index (χ1) is 7.91. The van der Waals surface area contributed by atoms with Crippen LogP contribution in [0.1, 0.15) is 13.2 Å². The first-order valence-electron chi connectivity index (χ1n) is 4.64. The Hall–Kier alpha value is 0.0800. The molecule has 2 N–H and O–H groups in total. The summed E-state index contributed by atoms with van der Waals surface area (Å²) in [6.45, 7) is 0. The molecule has 0 heterocycles. The number of fused-ring (bicyclic) bond motifs is 1. The molecule has 0 aliphatic heterocycles.